The lowest BCUT2D eigenvalue weighted by molar-refractivity contribution is 0.564. The summed E-state index contributed by atoms with van der Waals surface area (Å²) in [5.74, 6) is 0. The van der Waals surface area contributed by atoms with Crippen molar-refractivity contribution in [1.82, 2.24) is 0 Å². The van der Waals surface area contributed by atoms with Crippen molar-refractivity contribution in [1.29, 1.82) is 0 Å². The summed E-state index contributed by atoms with van der Waals surface area (Å²) < 4.78 is 0. The predicted octanol–water partition coefficient (Wildman–Crippen LogP) is 1.90. The predicted molar refractivity (Wildman–Crippen MR) is 54.5 cm³/mol. The molecular weight excluding hydrogens is 210 g/mol. The molecule has 0 spiro atoms. The first-order valence-electron chi connectivity index (χ1n) is 4.11. The fraction of sp³-hybridized carbons (Fsp3) is 0.100. The molecule has 0 N–H and O–H groups in total. The van der Waals surface area contributed by atoms with Gasteiger partial charge in [-0.3, -0.25) is 0 Å². The van der Waals surface area contributed by atoms with Gasteiger partial charge in [-0.15, -0.1) is 0 Å². The van der Waals surface area contributed by atoms with Gasteiger partial charge in [0.05, 0.1) is 0 Å². The third-order valence-electron chi connectivity index (χ3n) is 1.70. The minimum Gasteiger partial charge on any atom is -0.211 e. The summed E-state index contributed by atoms with van der Waals surface area (Å²) in [5, 5.41) is 0. The average Bonchev–Trinajstić information content (AvgIpc) is 2.24. The van der Waals surface area contributed by atoms with Gasteiger partial charge < -0.3 is 0 Å². The molecule has 0 amide bonds. The van der Waals surface area contributed by atoms with E-state index in [1.165, 1.54) is 30.4 Å². The smallest absolute Gasteiger partial charge is 0.211 e. The Balaban J connectivity index is 3.64. The maximum Gasteiger partial charge on any atom is 0.240 e. The molecule has 0 bridgehead atoms. The second kappa shape index (κ2) is 5.29. The summed E-state index contributed by atoms with van der Waals surface area (Å²) in [6.45, 7) is 1.71. The number of hydrogen-bond acceptors (Lipinski definition) is 6. The molecule has 1 aromatic carbocycles. The Hall–Kier alpha value is -2.64. The summed E-state index contributed by atoms with van der Waals surface area (Å²) >= 11 is 0. The molecule has 0 aliphatic rings. The van der Waals surface area contributed by atoms with Gasteiger partial charge in [0, 0.05) is 0 Å². The first-order valence-corrected chi connectivity index (χ1v) is 4.11. The Bertz CT molecular complexity index is 522. The molecule has 0 unspecified atom stereocenters. The highest BCUT2D eigenvalue weighted by Gasteiger charge is 2.08. The summed E-state index contributed by atoms with van der Waals surface area (Å²) in [7, 11) is 0. The van der Waals surface area contributed by atoms with Crippen LogP contribution in [0.2, 0.25) is 0 Å². The molecule has 16 heavy (non-hydrogen) atoms. The Morgan fingerprint density at radius 3 is 1.69 bits per heavy atom. The van der Waals surface area contributed by atoms with Crippen LogP contribution in [0.5, 0.6) is 0 Å². The summed E-state index contributed by atoms with van der Waals surface area (Å²) in [5.41, 5.74) is 0.903. The Labute approximate surface area is 90.1 Å². The van der Waals surface area contributed by atoms with Crippen LogP contribution in [-0.4, -0.2) is 18.2 Å². The topological polar surface area (TPSA) is 88.3 Å². The molecule has 0 atom stereocenters. The molecule has 78 valence electrons. The number of nitrogens with zero attached hydrogens (tertiary/aromatic N) is 3. The van der Waals surface area contributed by atoms with Crippen LogP contribution in [-0.2, 0) is 14.4 Å². The van der Waals surface area contributed by atoms with Crippen molar-refractivity contribution in [2.45, 2.75) is 6.92 Å². The number of benzene rings is 1. The van der Waals surface area contributed by atoms with Crippen LogP contribution in [0.25, 0.3) is 0 Å². The molecule has 1 aromatic rings. The monoisotopic (exact) mass is 215 g/mol. The van der Waals surface area contributed by atoms with Gasteiger partial charge in [0.2, 0.25) is 18.2 Å². The lowest BCUT2D eigenvalue weighted by Crippen LogP contribution is -1.76. The average molecular weight is 215 g/mol. The van der Waals surface area contributed by atoms with Crippen molar-refractivity contribution in [3.63, 3.8) is 0 Å². The van der Waals surface area contributed by atoms with Crippen molar-refractivity contribution < 1.29 is 14.4 Å². The molecule has 0 saturated heterocycles. The Morgan fingerprint density at radius 2 is 1.31 bits per heavy atom. The molecule has 0 aliphatic carbocycles. The number of aryl methyl sites for hydroxylation is 1. The lowest BCUT2D eigenvalue weighted by Gasteiger charge is -2.02. The second-order valence-corrected chi connectivity index (χ2v) is 2.76. The summed E-state index contributed by atoms with van der Waals surface area (Å²) in [4.78, 5) is 40.6. The van der Waals surface area contributed by atoms with Gasteiger partial charge in [-0.1, -0.05) is 0 Å². The van der Waals surface area contributed by atoms with Crippen LogP contribution in [0.4, 0.5) is 17.1 Å². The molecule has 0 aromatic heterocycles. The van der Waals surface area contributed by atoms with Crippen LogP contribution < -0.4 is 0 Å². The van der Waals surface area contributed by atoms with E-state index in [9.17, 15) is 14.4 Å². The normalized spacial score (nSPS) is 8.31. The van der Waals surface area contributed by atoms with Crippen LogP contribution >= 0.6 is 0 Å². The molecule has 0 fully saturated rings. The molecule has 0 heterocycles. The SMILES string of the molecule is Cc1cc(N=C=O)c(N=C=O)c(N=C=O)c1. The number of rotatable bonds is 3. The van der Waals surface area contributed by atoms with E-state index in [4.69, 9.17) is 0 Å². The summed E-state index contributed by atoms with van der Waals surface area (Å²) in [6.07, 6.45) is 3.95. The Morgan fingerprint density at radius 1 is 0.875 bits per heavy atom. The zero-order chi connectivity index (χ0) is 12.0. The molecule has 0 radical (unpaired) electrons. The highest BCUT2D eigenvalue weighted by molar-refractivity contribution is 5.81. The lowest BCUT2D eigenvalue weighted by atomic mass is 10.1. The van der Waals surface area contributed by atoms with Crippen molar-refractivity contribution >= 4 is 35.3 Å². The van der Waals surface area contributed by atoms with Crippen LogP contribution in [0.15, 0.2) is 27.1 Å². The zero-order valence-electron chi connectivity index (χ0n) is 8.22. The second-order valence-electron chi connectivity index (χ2n) is 2.76. The number of hydrogen-bond donors (Lipinski definition) is 0. The minimum absolute atomic E-state index is 0.00713. The van der Waals surface area contributed by atoms with Crippen LogP contribution in [0.3, 0.4) is 0 Å². The maximum absolute atomic E-state index is 10.2. The third kappa shape index (κ3) is 2.44. The van der Waals surface area contributed by atoms with Gasteiger partial charge in [-0.25, -0.2) is 14.4 Å². The van der Waals surface area contributed by atoms with Gasteiger partial charge in [-0.2, -0.15) is 15.0 Å². The van der Waals surface area contributed by atoms with Crippen molar-refractivity contribution in [3.8, 4) is 0 Å². The zero-order valence-corrected chi connectivity index (χ0v) is 8.22. The first-order chi connectivity index (χ1) is 7.72. The van der Waals surface area contributed by atoms with Crippen molar-refractivity contribution in [3.05, 3.63) is 17.7 Å². The van der Waals surface area contributed by atoms with Gasteiger partial charge in [0.1, 0.15) is 17.1 Å². The van der Waals surface area contributed by atoms with E-state index in [-0.39, 0.29) is 17.1 Å². The van der Waals surface area contributed by atoms with Gasteiger partial charge in [0.25, 0.3) is 0 Å². The minimum atomic E-state index is -0.00713. The van der Waals surface area contributed by atoms with E-state index in [2.05, 4.69) is 15.0 Å². The Kier molecular flexibility index (Phi) is 3.78. The highest BCUT2D eigenvalue weighted by atomic mass is 16.1. The summed E-state index contributed by atoms with van der Waals surface area (Å²) in [6, 6.07) is 3.01. The van der Waals surface area contributed by atoms with Gasteiger partial charge >= 0.3 is 0 Å². The largest absolute Gasteiger partial charge is 0.240 e. The molecule has 6 nitrogen and oxygen atoms in total. The quantitative estimate of drug-likeness (QED) is 0.569. The van der Waals surface area contributed by atoms with Crippen molar-refractivity contribution in [2.24, 2.45) is 15.0 Å². The fourth-order valence-corrected chi connectivity index (χ4v) is 1.17. The van der Waals surface area contributed by atoms with E-state index in [1.807, 2.05) is 0 Å². The first kappa shape index (κ1) is 11.4. The van der Waals surface area contributed by atoms with E-state index >= 15 is 0 Å². The molecule has 1 rings (SSSR count). The van der Waals surface area contributed by atoms with E-state index < -0.39 is 0 Å². The van der Waals surface area contributed by atoms with Crippen molar-refractivity contribution in [2.75, 3.05) is 0 Å². The van der Waals surface area contributed by atoms with E-state index in [0.29, 0.717) is 5.56 Å². The molecular formula is C10H5N3O3. The van der Waals surface area contributed by atoms with Crippen LogP contribution in [0, 0.1) is 6.92 Å². The fourth-order valence-electron chi connectivity index (χ4n) is 1.17. The van der Waals surface area contributed by atoms with Crippen LogP contribution in [0.1, 0.15) is 5.56 Å². The number of isocyanates is 3. The van der Waals surface area contributed by atoms with Gasteiger partial charge in [0.15, 0.2) is 0 Å². The molecule has 0 aliphatic heterocycles. The van der Waals surface area contributed by atoms with E-state index in [1.54, 1.807) is 6.92 Å². The maximum atomic E-state index is 10.2. The van der Waals surface area contributed by atoms with E-state index in [0.717, 1.165) is 0 Å². The number of aliphatic imine (C=N–C) groups is 3. The molecule has 0 saturated carbocycles. The number of carbonyl (C=O) groups excluding carboxylic acids is 3. The highest BCUT2D eigenvalue weighted by Crippen LogP contribution is 2.38. The van der Waals surface area contributed by atoms with Gasteiger partial charge in [-0.05, 0) is 24.6 Å². The standard InChI is InChI=1S/C10H5N3O3/c1-7-2-8(11-4-14)10(13-6-16)9(3-7)12-5-15/h2-3H,1H3. The third-order valence-corrected chi connectivity index (χ3v) is 1.70. The molecule has 6 heteroatoms.